The molecular weight excluding hydrogens is 268 g/mol. The predicted octanol–water partition coefficient (Wildman–Crippen LogP) is 1.80. The third kappa shape index (κ3) is 4.63. The molecule has 1 saturated heterocycles. The van der Waals surface area contributed by atoms with Crippen molar-refractivity contribution in [2.24, 2.45) is 5.73 Å². The number of para-hydroxylation sites is 2. The van der Waals surface area contributed by atoms with Crippen molar-refractivity contribution in [2.75, 3.05) is 26.3 Å². The third-order valence-corrected chi connectivity index (χ3v) is 3.61. The number of carbonyl (C=O) groups is 1. The van der Waals surface area contributed by atoms with Gasteiger partial charge in [0.2, 0.25) is 5.91 Å². The van der Waals surface area contributed by atoms with Crippen LogP contribution in [0.25, 0.3) is 0 Å². The van der Waals surface area contributed by atoms with Crippen LogP contribution >= 0.6 is 0 Å². The van der Waals surface area contributed by atoms with Crippen LogP contribution in [0.1, 0.15) is 26.2 Å². The minimum atomic E-state index is 0.135. The minimum Gasteiger partial charge on any atom is -0.490 e. The van der Waals surface area contributed by atoms with Gasteiger partial charge in [0.25, 0.3) is 0 Å². The number of nitrogens with two attached hydrogens (primary N) is 1. The first-order valence-electron chi connectivity index (χ1n) is 7.58. The van der Waals surface area contributed by atoms with Gasteiger partial charge in [-0.3, -0.25) is 4.79 Å². The van der Waals surface area contributed by atoms with Crippen molar-refractivity contribution in [3.8, 4) is 11.5 Å². The number of amides is 1. The molecule has 1 heterocycles. The van der Waals surface area contributed by atoms with Gasteiger partial charge in [-0.05, 0) is 31.9 Å². The van der Waals surface area contributed by atoms with Crippen LogP contribution in [0.5, 0.6) is 11.5 Å². The van der Waals surface area contributed by atoms with E-state index in [9.17, 15) is 4.79 Å². The first kappa shape index (κ1) is 15.6. The molecule has 0 unspecified atom stereocenters. The summed E-state index contributed by atoms with van der Waals surface area (Å²) < 4.78 is 11.2. The summed E-state index contributed by atoms with van der Waals surface area (Å²) >= 11 is 0. The van der Waals surface area contributed by atoms with Crippen molar-refractivity contribution in [1.29, 1.82) is 0 Å². The van der Waals surface area contributed by atoms with Crippen molar-refractivity contribution < 1.29 is 14.3 Å². The van der Waals surface area contributed by atoms with E-state index in [2.05, 4.69) is 0 Å². The highest BCUT2D eigenvalue weighted by Gasteiger charge is 2.20. The molecule has 0 spiro atoms. The number of ether oxygens (including phenoxy) is 2. The molecule has 116 valence electrons. The lowest BCUT2D eigenvalue weighted by Gasteiger charge is -2.30. The fraction of sp³-hybridized carbons (Fsp3) is 0.562. The van der Waals surface area contributed by atoms with E-state index < -0.39 is 0 Å². The average molecular weight is 292 g/mol. The SMILES string of the molecule is CCOc1ccccc1OCCC(=O)N1CCC(N)CC1. The zero-order chi connectivity index (χ0) is 15.1. The van der Waals surface area contributed by atoms with Crippen LogP contribution < -0.4 is 15.2 Å². The van der Waals surface area contributed by atoms with Crippen molar-refractivity contribution >= 4 is 5.91 Å². The summed E-state index contributed by atoms with van der Waals surface area (Å²) in [7, 11) is 0. The van der Waals surface area contributed by atoms with Crippen LogP contribution in [0.3, 0.4) is 0 Å². The monoisotopic (exact) mass is 292 g/mol. The smallest absolute Gasteiger partial charge is 0.225 e. The lowest BCUT2D eigenvalue weighted by atomic mass is 10.1. The Hall–Kier alpha value is -1.75. The van der Waals surface area contributed by atoms with E-state index in [1.165, 1.54) is 0 Å². The molecule has 21 heavy (non-hydrogen) atoms. The van der Waals surface area contributed by atoms with Gasteiger partial charge < -0.3 is 20.1 Å². The van der Waals surface area contributed by atoms with Gasteiger partial charge in [0.1, 0.15) is 0 Å². The molecule has 5 heteroatoms. The molecule has 1 aromatic rings. The third-order valence-electron chi connectivity index (χ3n) is 3.61. The summed E-state index contributed by atoms with van der Waals surface area (Å²) in [5.41, 5.74) is 5.84. The molecule has 0 radical (unpaired) electrons. The van der Waals surface area contributed by atoms with Crippen LogP contribution in [0.2, 0.25) is 0 Å². The quantitative estimate of drug-likeness (QED) is 0.868. The van der Waals surface area contributed by atoms with Gasteiger partial charge in [-0.15, -0.1) is 0 Å². The van der Waals surface area contributed by atoms with Crippen LogP contribution in [0, 0.1) is 0 Å². The molecule has 0 atom stereocenters. The maximum Gasteiger partial charge on any atom is 0.225 e. The Balaban J connectivity index is 1.77. The number of hydrogen-bond acceptors (Lipinski definition) is 4. The van der Waals surface area contributed by atoms with E-state index in [1.807, 2.05) is 36.1 Å². The van der Waals surface area contributed by atoms with Gasteiger partial charge in [-0.2, -0.15) is 0 Å². The summed E-state index contributed by atoms with van der Waals surface area (Å²) in [5, 5.41) is 0. The molecule has 1 amide bonds. The zero-order valence-electron chi connectivity index (χ0n) is 12.6. The van der Waals surface area contributed by atoms with Crippen molar-refractivity contribution in [3.05, 3.63) is 24.3 Å². The van der Waals surface area contributed by atoms with E-state index in [0.29, 0.717) is 25.4 Å². The van der Waals surface area contributed by atoms with E-state index in [4.69, 9.17) is 15.2 Å². The molecule has 0 aliphatic carbocycles. The highest BCUT2D eigenvalue weighted by Crippen LogP contribution is 2.26. The standard InChI is InChI=1S/C16H24N2O3/c1-2-20-14-5-3-4-6-15(14)21-12-9-16(19)18-10-7-13(17)8-11-18/h3-6,13H,2,7-12,17H2,1H3. The Kier molecular flexibility index (Phi) is 5.87. The fourth-order valence-electron chi connectivity index (χ4n) is 2.40. The first-order chi connectivity index (χ1) is 10.2. The van der Waals surface area contributed by atoms with E-state index in [1.54, 1.807) is 0 Å². The molecule has 2 rings (SSSR count). The van der Waals surface area contributed by atoms with Gasteiger partial charge in [-0.25, -0.2) is 0 Å². The first-order valence-corrected chi connectivity index (χ1v) is 7.58. The molecule has 0 aromatic heterocycles. The van der Waals surface area contributed by atoms with Gasteiger partial charge in [0.05, 0.1) is 19.6 Å². The predicted molar refractivity (Wildman–Crippen MR) is 81.5 cm³/mol. The normalized spacial score (nSPS) is 15.8. The molecule has 1 aliphatic heterocycles. The number of hydrogen-bond donors (Lipinski definition) is 1. The van der Waals surface area contributed by atoms with Crippen LogP contribution in [0.4, 0.5) is 0 Å². The molecule has 0 saturated carbocycles. The Morgan fingerprint density at radius 3 is 2.48 bits per heavy atom. The van der Waals surface area contributed by atoms with Crippen LogP contribution in [-0.2, 0) is 4.79 Å². The summed E-state index contributed by atoms with van der Waals surface area (Å²) in [6.45, 7) is 4.41. The fourth-order valence-corrected chi connectivity index (χ4v) is 2.40. The van der Waals surface area contributed by atoms with E-state index in [-0.39, 0.29) is 11.9 Å². The second-order valence-electron chi connectivity index (χ2n) is 5.20. The number of piperidine rings is 1. The minimum absolute atomic E-state index is 0.135. The molecule has 1 fully saturated rings. The van der Waals surface area contributed by atoms with Crippen molar-refractivity contribution in [2.45, 2.75) is 32.2 Å². The van der Waals surface area contributed by atoms with Crippen molar-refractivity contribution in [1.82, 2.24) is 4.90 Å². The average Bonchev–Trinajstić information content (AvgIpc) is 2.50. The second-order valence-corrected chi connectivity index (χ2v) is 5.20. The highest BCUT2D eigenvalue weighted by atomic mass is 16.5. The number of carbonyl (C=O) groups excluding carboxylic acids is 1. The second kappa shape index (κ2) is 7.88. The van der Waals surface area contributed by atoms with Gasteiger partial charge in [0.15, 0.2) is 11.5 Å². The largest absolute Gasteiger partial charge is 0.490 e. The zero-order valence-corrected chi connectivity index (χ0v) is 12.6. The maximum absolute atomic E-state index is 12.1. The van der Waals surface area contributed by atoms with Gasteiger partial charge in [-0.1, -0.05) is 12.1 Å². The van der Waals surface area contributed by atoms with Gasteiger partial charge >= 0.3 is 0 Å². The number of benzene rings is 1. The van der Waals surface area contributed by atoms with Gasteiger partial charge in [0, 0.05) is 19.1 Å². The summed E-state index contributed by atoms with van der Waals surface area (Å²) in [4.78, 5) is 14.0. The Bertz CT molecular complexity index is 457. The van der Waals surface area contributed by atoms with E-state index in [0.717, 1.165) is 31.7 Å². The molecular formula is C16H24N2O3. The highest BCUT2D eigenvalue weighted by molar-refractivity contribution is 5.76. The Labute approximate surface area is 126 Å². The summed E-state index contributed by atoms with van der Waals surface area (Å²) in [5.74, 6) is 1.54. The molecule has 1 aliphatic rings. The molecule has 5 nitrogen and oxygen atoms in total. The lowest BCUT2D eigenvalue weighted by Crippen LogP contribution is -2.43. The summed E-state index contributed by atoms with van der Waals surface area (Å²) in [6.07, 6.45) is 2.16. The number of rotatable bonds is 6. The number of nitrogens with zero attached hydrogens (tertiary/aromatic N) is 1. The Morgan fingerprint density at radius 2 is 1.86 bits per heavy atom. The molecule has 1 aromatic carbocycles. The number of likely N-dealkylation sites (tertiary alicyclic amines) is 1. The van der Waals surface area contributed by atoms with Crippen molar-refractivity contribution in [3.63, 3.8) is 0 Å². The van der Waals surface area contributed by atoms with E-state index >= 15 is 0 Å². The lowest BCUT2D eigenvalue weighted by molar-refractivity contribution is -0.132. The van der Waals surface area contributed by atoms with Crippen LogP contribution in [-0.4, -0.2) is 43.2 Å². The Morgan fingerprint density at radius 1 is 1.24 bits per heavy atom. The molecule has 2 N–H and O–H groups in total. The molecule has 0 bridgehead atoms. The summed E-state index contributed by atoms with van der Waals surface area (Å²) in [6, 6.07) is 7.76. The van der Waals surface area contributed by atoms with Crippen LogP contribution in [0.15, 0.2) is 24.3 Å². The topological polar surface area (TPSA) is 64.8 Å². The maximum atomic E-state index is 12.1.